The first-order chi connectivity index (χ1) is 8.61. The van der Waals surface area contributed by atoms with Crippen LogP contribution in [0.1, 0.15) is 15.9 Å². The molecule has 92 valence electrons. The van der Waals surface area contributed by atoms with E-state index < -0.39 is 11.6 Å². The van der Waals surface area contributed by atoms with Gasteiger partial charge in [0.15, 0.2) is 17.3 Å². The van der Waals surface area contributed by atoms with Gasteiger partial charge >= 0.3 is 0 Å². The Morgan fingerprint density at radius 3 is 2.22 bits per heavy atom. The number of rotatable bonds is 3. The second-order valence-electron chi connectivity index (χ2n) is 3.69. The van der Waals surface area contributed by atoms with Crippen LogP contribution in [0.3, 0.4) is 0 Å². The fourth-order valence-corrected chi connectivity index (χ4v) is 1.57. The van der Waals surface area contributed by atoms with E-state index in [1.54, 1.807) is 0 Å². The molecule has 0 unspecified atom stereocenters. The topological polar surface area (TPSA) is 26.3 Å². The first kappa shape index (κ1) is 12.2. The highest BCUT2D eigenvalue weighted by molar-refractivity contribution is 6.09. The highest BCUT2D eigenvalue weighted by atomic mass is 19.1. The van der Waals surface area contributed by atoms with Crippen LogP contribution in [-0.4, -0.2) is 12.9 Å². The van der Waals surface area contributed by atoms with E-state index in [0.717, 1.165) is 6.07 Å². The third kappa shape index (κ3) is 2.37. The van der Waals surface area contributed by atoms with Crippen molar-refractivity contribution in [3.05, 3.63) is 65.2 Å². The number of ketones is 1. The Labute approximate surface area is 103 Å². The number of carbonyl (C=O) groups is 1. The molecular weight excluding hydrogens is 238 g/mol. The molecule has 0 saturated heterocycles. The third-order valence-corrected chi connectivity index (χ3v) is 2.52. The number of hydrogen-bond donors (Lipinski definition) is 0. The van der Waals surface area contributed by atoms with Crippen molar-refractivity contribution >= 4 is 5.78 Å². The Hall–Kier alpha value is -2.23. The molecule has 2 aromatic rings. The molecule has 0 saturated carbocycles. The van der Waals surface area contributed by atoms with E-state index in [1.165, 1.54) is 43.5 Å². The smallest absolute Gasteiger partial charge is 0.193 e. The first-order valence-electron chi connectivity index (χ1n) is 5.25. The van der Waals surface area contributed by atoms with Gasteiger partial charge in [-0.05, 0) is 42.5 Å². The normalized spacial score (nSPS) is 10.2. The van der Waals surface area contributed by atoms with Gasteiger partial charge in [0.25, 0.3) is 0 Å². The third-order valence-electron chi connectivity index (χ3n) is 2.52. The van der Waals surface area contributed by atoms with Crippen LogP contribution in [0, 0.1) is 11.6 Å². The molecule has 0 aliphatic heterocycles. The molecule has 0 fully saturated rings. The van der Waals surface area contributed by atoms with Crippen LogP contribution in [0.2, 0.25) is 0 Å². The average molecular weight is 248 g/mol. The second-order valence-corrected chi connectivity index (χ2v) is 3.69. The zero-order valence-corrected chi connectivity index (χ0v) is 9.61. The van der Waals surface area contributed by atoms with E-state index in [2.05, 4.69) is 0 Å². The van der Waals surface area contributed by atoms with E-state index in [0.29, 0.717) is 11.1 Å². The molecule has 4 heteroatoms. The summed E-state index contributed by atoms with van der Waals surface area (Å²) in [5, 5.41) is 0. The van der Waals surface area contributed by atoms with Gasteiger partial charge in [-0.3, -0.25) is 4.79 Å². The van der Waals surface area contributed by atoms with Crippen LogP contribution in [0.15, 0.2) is 42.5 Å². The Kier molecular flexibility index (Phi) is 3.37. The molecule has 0 heterocycles. The molecule has 2 rings (SSSR count). The Balaban J connectivity index is 2.37. The van der Waals surface area contributed by atoms with Crippen LogP contribution < -0.4 is 4.74 Å². The Morgan fingerprint density at radius 2 is 1.61 bits per heavy atom. The number of carbonyl (C=O) groups excluding carboxylic acids is 1. The van der Waals surface area contributed by atoms with Gasteiger partial charge in [0.05, 0.1) is 7.11 Å². The van der Waals surface area contributed by atoms with Gasteiger partial charge in [-0.25, -0.2) is 8.78 Å². The van der Waals surface area contributed by atoms with E-state index >= 15 is 0 Å². The Morgan fingerprint density at radius 1 is 1.00 bits per heavy atom. The van der Waals surface area contributed by atoms with Crippen LogP contribution in [-0.2, 0) is 0 Å². The molecule has 0 aromatic heterocycles. The van der Waals surface area contributed by atoms with E-state index in [9.17, 15) is 13.6 Å². The predicted molar refractivity (Wildman–Crippen MR) is 62.8 cm³/mol. The fourth-order valence-electron chi connectivity index (χ4n) is 1.57. The minimum absolute atomic E-state index is 0.00274. The zero-order chi connectivity index (χ0) is 13.1. The van der Waals surface area contributed by atoms with Crippen LogP contribution in [0.4, 0.5) is 8.78 Å². The van der Waals surface area contributed by atoms with Crippen LogP contribution in [0.25, 0.3) is 0 Å². The summed E-state index contributed by atoms with van der Waals surface area (Å²) >= 11 is 0. The summed E-state index contributed by atoms with van der Waals surface area (Å²) in [4.78, 5) is 12.0. The maximum absolute atomic E-state index is 13.2. The number of methoxy groups -OCH3 is 1. The minimum Gasteiger partial charge on any atom is -0.494 e. The van der Waals surface area contributed by atoms with Gasteiger partial charge < -0.3 is 4.74 Å². The summed E-state index contributed by atoms with van der Waals surface area (Å²) in [7, 11) is 1.32. The quantitative estimate of drug-likeness (QED) is 0.780. The fraction of sp³-hybridized carbons (Fsp3) is 0.0714. The van der Waals surface area contributed by atoms with Crippen molar-refractivity contribution in [1.82, 2.24) is 0 Å². The van der Waals surface area contributed by atoms with Crippen molar-refractivity contribution < 1.29 is 18.3 Å². The summed E-state index contributed by atoms with van der Waals surface area (Å²) in [5.74, 6) is -1.26. The SMILES string of the molecule is COc1cc(C(=O)c2ccc(F)cc2)ccc1F. The van der Waals surface area contributed by atoms with E-state index in [1.807, 2.05) is 0 Å². The molecule has 2 nitrogen and oxygen atoms in total. The Bertz CT molecular complexity index is 577. The number of hydrogen-bond acceptors (Lipinski definition) is 2. The molecule has 0 aliphatic carbocycles. The monoisotopic (exact) mass is 248 g/mol. The van der Waals surface area contributed by atoms with Gasteiger partial charge in [-0.2, -0.15) is 0 Å². The lowest BCUT2D eigenvalue weighted by Gasteiger charge is -2.05. The molecule has 18 heavy (non-hydrogen) atoms. The zero-order valence-electron chi connectivity index (χ0n) is 9.61. The molecule has 0 spiro atoms. The van der Waals surface area contributed by atoms with Gasteiger partial charge in [0.1, 0.15) is 5.82 Å². The second kappa shape index (κ2) is 4.96. The number of benzene rings is 2. The molecule has 0 atom stereocenters. The van der Waals surface area contributed by atoms with Gasteiger partial charge in [0.2, 0.25) is 0 Å². The predicted octanol–water partition coefficient (Wildman–Crippen LogP) is 3.20. The maximum Gasteiger partial charge on any atom is 0.193 e. The van der Waals surface area contributed by atoms with Gasteiger partial charge in [-0.15, -0.1) is 0 Å². The van der Waals surface area contributed by atoms with Crippen molar-refractivity contribution in [3.63, 3.8) is 0 Å². The number of ether oxygens (including phenoxy) is 1. The molecule has 0 amide bonds. The highest BCUT2D eigenvalue weighted by Crippen LogP contribution is 2.20. The molecule has 0 aliphatic rings. The largest absolute Gasteiger partial charge is 0.494 e. The molecule has 0 bridgehead atoms. The summed E-state index contributed by atoms with van der Waals surface area (Å²) in [6, 6.07) is 9.02. The van der Waals surface area contributed by atoms with Crippen molar-refractivity contribution in [1.29, 1.82) is 0 Å². The summed E-state index contributed by atoms with van der Waals surface area (Å²) in [5.41, 5.74) is 0.630. The van der Waals surface area contributed by atoms with E-state index in [-0.39, 0.29) is 11.5 Å². The van der Waals surface area contributed by atoms with Crippen molar-refractivity contribution in [2.45, 2.75) is 0 Å². The van der Waals surface area contributed by atoms with Crippen molar-refractivity contribution in [2.75, 3.05) is 7.11 Å². The van der Waals surface area contributed by atoms with Crippen LogP contribution in [0.5, 0.6) is 5.75 Å². The van der Waals surface area contributed by atoms with Crippen LogP contribution >= 0.6 is 0 Å². The molecular formula is C14H10F2O2. The minimum atomic E-state index is -0.534. The first-order valence-corrected chi connectivity index (χ1v) is 5.25. The lowest BCUT2D eigenvalue weighted by atomic mass is 10.0. The summed E-state index contributed by atoms with van der Waals surface area (Å²) in [6.45, 7) is 0. The average Bonchev–Trinajstić information content (AvgIpc) is 2.39. The number of halogens is 2. The standard InChI is InChI=1S/C14H10F2O2/c1-18-13-8-10(4-7-12(13)16)14(17)9-2-5-11(15)6-3-9/h2-8H,1H3. The summed E-state index contributed by atoms with van der Waals surface area (Å²) in [6.07, 6.45) is 0. The highest BCUT2D eigenvalue weighted by Gasteiger charge is 2.12. The van der Waals surface area contributed by atoms with E-state index in [4.69, 9.17) is 4.74 Å². The maximum atomic E-state index is 13.2. The van der Waals surface area contributed by atoms with Crippen molar-refractivity contribution in [2.24, 2.45) is 0 Å². The van der Waals surface area contributed by atoms with Crippen molar-refractivity contribution in [3.8, 4) is 5.75 Å². The van der Waals surface area contributed by atoms with Gasteiger partial charge in [0, 0.05) is 11.1 Å². The lowest BCUT2D eigenvalue weighted by molar-refractivity contribution is 0.103. The lowest BCUT2D eigenvalue weighted by Crippen LogP contribution is -2.02. The molecule has 0 N–H and O–H groups in total. The molecule has 0 radical (unpaired) electrons. The summed E-state index contributed by atoms with van der Waals surface area (Å²) < 4.78 is 30.7. The van der Waals surface area contributed by atoms with Gasteiger partial charge in [-0.1, -0.05) is 0 Å². The molecule has 2 aromatic carbocycles.